The summed E-state index contributed by atoms with van der Waals surface area (Å²) in [6, 6.07) is 18.3. The fraction of sp³-hybridized carbons (Fsp3) is 0. The van der Waals surface area contributed by atoms with E-state index < -0.39 is 0 Å². The summed E-state index contributed by atoms with van der Waals surface area (Å²) in [5.74, 6) is 0.107. The van der Waals surface area contributed by atoms with Crippen LogP contribution in [0.5, 0.6) is 0 Å². The van der Waals surface area contributed by atoms with E-state index in [1.165, 1.54) is 6.08 Å². The number of pyridine rings is 1. The lowest BCUT2D eigenvalue weighted by atomic mass is 10.2. The van der Waals surface area contributed by atoms with Gasteiger partial charge in [0.05, 0.1) is 10.6 Å². The van der Waals surface area contributed by atoms with Crippen molar-refractivity contribution < 1.29 is 9.21 Å². The normalized spacial score (nSPS) is 11.1. The fourth-order valence-electron chi connectivity index (χ4n) is 2.57. The standard InChI is InChI=1S/C21H14ClN3O2/c22-17-10-9-15(24-19(26)11-8-14-5-2-1-3-6-14)13-16(17)21-25-20-18(27-21)7-4-12-23-20/h1-13H,(H,24,26). The summed E-state index contributed by atoms with van der Waals surface area (Å²) >= 11 is 6.29. The van der Waals surface area contributed by atoms with E-state index in [1.807, 2.05) is 30.3 Å². The molecular weight excluding hydrogens is 362 g/mol. The molecule has 0 saturated heterocycles. The van der Waals surface area contributed by atoms with Crippen molar-refractivity contribution in [3.8, 4) is 11.5 Å². The molecule has 0 radical (unpaired) electrons. The maximum atomic E-state index is 12.2. The van der Waals surface area contributed by atoms with E-state index in [0.717, 1.165) is 5.56 Å². The third-order valence-electron chi connectivity index (χ3n) is 3.86. The molecule has 5 nitrogen and oxygen atoms in total. The Hall–Kier alpha value is -3.44. The molecule has 27 heavy (non-hydrogen) atoms. The van der Waals surface area contributed by atoms with E-state index in [-0.39, 0.29) is 5.91 Å². The van der Waals surface area contributed by atoms with Crippen LogP contribution in [0.2, 0.25) is 5.02 Å². The van der Waals surface area contributed by atoms with Crippen molar-refractivity contribution in [2.24, 2.45) is 0 Å². The molecule has 0 unspecified atom stereocenters. The van der Waals surface area contributed by atoms with E-state index in [2.05, 4.69) is 15.3 Å². The van der Waals surface area contributed by atoms with Gasteiger partial charge in [0.15, 0.2) is 11.2 Å². The zero-order chi connectivity index (χ0) is 18.6. The Kier molecular flexibility index (Phi) is 4.68. The number of nitrogens with zero attached hydrogens (tertiary/aromatic N) is 2. The van der Waals surface area contributed by atoms with Crippen LogP contribution in [-0.4, -0.2) is 15.9 Å². The number of carbonyl (C=O) groups is 1. The predicted molar refractivity (Wildman–Crippen MR) is 106 cm³/mol. The van der Waals surface area contributed by atoms with Crippen LogP contribution in [0.15, 0.2) is 77.4 Å². The summed E-state index contributed by atoms with van der Waals surface area (Å²) in [7, 11) is 0. The van der Waals surface area contributed by atoms with Gasteiger partial charge in [0.25, 0.3) is 0 Å². The molecule has 2 aromatic carbocycles. The summed E-state index contributed by atoms with van der Waals surface area (Å²) < 4.78 is 5.72. The molecule has 0 saturated carbocycles. The molecule has 1 N–H and O–H groups in total. The van der Waals surface area contributed by atoms with Gasteiger partial charge in [0, 0.05) is 18.0 Å². The fourth-order valence-corrected chi connectivity index (χ4v) is 2.77. The van der Waals surface area contributed by atoms with Crippen molar-refractivity contribution in [2.75, 3.05) is 5.32 Å². The van der Waals surface area contributed by atoms with Crippen LogP contribution in [0, 0.1) is 0 Å². The maximum Gasteiger partial charge on any atom is 0.248 e. The molecule has 4 aromatic rings. The number of rotatable bonds is 4. The van der Waals surface area contributed by atoms with Crippen LogP contribution in [0.4, 0.5) is 5.69 Å². The number of anilines is 1. The summed E-state index contributed by atoms with van der Waals surface area (Å²) in [4.78, 5) is 20.7. The molecule has 0 atom stereocenters. The smallest absolute Gasteiger partial charge is 0.248 e. The van der Waals surface area contributed by atoms with Crippen molar-refractivity contribution in [1.29, 1.82) is 0 Å². The van der Waals surface area contributed by atoms with Crippen molar-refractivity contribution in [1.82, 2.24) is 9.97 Å². The Labute approximate surface area is 160 Å². The van der Waals surface area contributed by atoms with E-state index in [4.69, 9.17) is 16.0 Å². The monoisotopic (exact) mass is 375 g/mol. The third kappa shape index (κ3) is 3.88. The molecule has 2 heterocycles. The zero-order valence-corrected chi connectivity index (χ0v) is 14.9. The second kappa shape index (κ2) is 7.43. The van der Waals surface area contributed by atoms with Gasteiger partial charge in [-0.3, -0.25) is 4.79 Å². The van der Waals surface area contributed by atoms with Crippen molar-refractivity contribution in [3.05, 3.63) is 83.5 Å². The second-order valence-electron chi connectivity index (χ2n) is 5.77. The molecular formula is C21H14ClN3O2. The largest absolute Gasteiger partial charge is 0.434 e. The highest BCUT2D eigenvalue weighted by Gasteiger charge is 2.13. The number of amides is 1. The van der Waals surface area contributed by atoms with Gasteiger partial charge < -0.3 is 9.73 Å². The van der Waals surface area contributed by atoms with E-state index in [9.17, 15) is 4.79 Å². The number of halogens is 1. The van der Waals surface area contributed by atoms with Gasteiger partial charge in [-0.15, -0.1) is 0 Å². The number of hydrogen-bond acceptors (Lipinski definition) is 4. The Morgan fingerprint density at radius 3 is 2.74 bits per heavy atom. The molecule has 132 valence electrons. The molecule has 0 aliphatic rings. The van der Waals surface area contributed by atoms with Crippen LogP contribution in [0.3, 0.4) is 0 Å². The van der Waals surface area contributed by atoms with Crippen LogP contribution in [0.1, 0.15) is 5.56 Å². The van der Waals surface area contributed by atoms with Gasteiger partial charge in [-0.05, 0) is 42.0 Å². The van der Waals surface area contributed by atoms with Crippen molar-refractivity contribution in [3.63, 3.8) is 0 Å². The third-order valence-corrected chi connectivity index (χ3v) is 4.19. The van der Waals surface area contributed by atoms with E-state index in [0.29, 0.717) is 33.4 Å². The number of fused-ring (bicyclic) bond motifs is 1. The summed E-state index contributed by atoms with van der Waals surface area (Å²) in [5, 5.41) is 3.29. The highest BCUT2D eigenvalue weighted by Crippen LogP contribution is 2.31. The number of oxazole rings is 1. The average Bonchev–Trinajstić information content (AvgIpc) is 3.13. The SMILES string of the molecule is O=C(C=Cc1ccccc1)Nc1ccc(Cl)c(-c2nc3ncccc3o2)c1. The first kappa shape index (κ1) is 17.0. The molecule has 0 bridgehead atoms. The van der Waals surface area contributed by atoms with Crippen molar-refractivity contribution >= 4 is 40.5 Å². The van der Waals surface area contributed by atoms with Crippen LogP contribution >= 0.6 is 11.6 Å². The van der Waals surface area contributed by atoms with Crippen molar-refractivity contribution in [2.45, 2.75) is 0 Å². The van der Waals surface area contributed by atoms with E-state index in [1.54, 1.807) is 42.6 Å². The Balaban J connectivity index is 1.57. The first-order valence-electron chi connectivity index (χ1n) is 8.25. The minimum atomic E-state index is -0.244. The Bertz CT molecular complexity index is 1100. The summed E-state index contributed by atoms with van der Waals surface area (Å²) in [6.07, 6.45) is 4.87. The highest BCUT2D eigenvalue weighted by atomic mass is 35.5. The highest BCUT2D eigenvalue weighted by molar-refractivity contribution is 6.33. The van der Waals surface area contributed by atoms with Gasteiger partial charge in [0.2, 0.25) is 11.8 Å². The summed E-state index contributed by atoms with van der Waals surface area (Å²) in [5.41, 5.74) is 3.20. The van der Waals surface area contributed by atoms with Crippen LogP contribution in [0.25, 0.3) is 28.8 Å². The van der Waals surface area contributed by atoms with Gasteiger partial charge in [-0.25, -0.2) is 4.98 Å². The number of carbonyl (C=O) groups excluding carboxylic acids is 1. The molecule has 6 heteroatoms. The number of benzene rings is 2. The lowest BCUT2D eigenvalue weighted by molar-refractivity contribution is -0.111. The Morgan fingerprint density at radius 2 is 1.93 bits per heavy atom. The molecule has 1 amide bonds. The quantitative estimate of drug-likeness (QED) is 0.498. The van der Waals surface area contributed by atoms with Gasteiger partial charge in [-0.2, -0.15) is 4.98 Å². The first-order valence-corrected chi connectivity index (χ1v) is 8.62. The number of aromatic nitrogens is 2. The van der Waals surface area contributed by atoms with Crippen LogP contribution in [-0.2, 0) is 4.79 Å². The summed E-state index contributed by atoms with van der Waals surface area (Å²) in [6.45, 7) is 0. The minimum absolute atomic E-state index is 0.244. The van der Waals surface area contributed by atoms with Gasteiger partial charge >= 0.3 is 0 Å². The Morgan fingerprint density at radius 1 is 1.07 bits per heavy atom. The number of nitrogens with one attached hydrogen (secondary N) is 1. The molecule has 4 rings (SSSR count). The van der Waals surface area contributed by atoms with Gasteiger partial charge in [-0.1, -0.05) is 41.9 Å². The zero-order valence-electron chi connectivity index (χ0n) is 14.1. The second-order valence-corrected chi connectivity index (χ2v) is 6.18. The lowest BCUT2D eigenvalue weighted by Crippen LogP contribution is -2.07. The predicted octanol–water partition coefficient (Wildman–Crippen LogP) is 5.20. The molecule has 2 aromatic heterocycles. The van der Waals surface area contributed by atoms with Gasteiger partial charge in [0.1, 0.15) is 0 Å². The number of hydrogen-bond donors (Lipinski definition) is 1. The molecule has 0 aliphatic carbocycles. The topological polar surface area (TPSA) is 68.0 Å². The molecule has 0 spiro atoms. The maximum absolute atomic E-state index is 12.2. The molecule has 0 fully saturated rings. The average molecular weight is 376 g/mol. The first-order chi connectivity index (χ1) is 13.2. The van der Waals surface area contributed by atoms with Crippen LogP contribution < -0.4 is 5.32 Å². The minimum Gasteiger partial charge on any atom is -0.434 e. The van der Waals surface area contributed by atoms with E-state index >= 15 is 0 Å². The lowest BCUT2D eigenvalue weighted by Gasteiger charge is -2.05. The molecule has 0 aliphatic heterocycles.